The lowest BCUT2D eigenvalue weighted by Gasteiger charge is -2.30. The maximum Gasteiger partial charge on any atom is 0.339 e. The quantitative estimate of drug-likeness (QED) is 0.0251. The summed E-state index contributed by atoms with van der Waals surface area (Å²) in [5.41, 5.74) is 0.485. The zero-order valence-electron chi connectivity index (χ0n) is 27.2. The SMILES string of the molecule is C=C(CC#CC(CCCC#Cc1ccccc1)OC(=O)c1ccc([N+](=O)[O-])cc1)CC(Cc1ccccc1)(C(=O)OCC)C(=O)OCC. The third-order valence-corrected chi connectivity index (χ3v) is 7.17. The van der Waals surface area contributed by atoms with E-state index in [2.05, 4.69) is 30.3 Å². The summed E-state index contributed by atoms with van der Waals surface area (Å²) < 4.78 is 16.4. The Morgan fingerprint density at radius 3 is 2.06 bits per heavy atom. The Balaban J connectivity index is 1.79. The van der Waals surface area contributed by atoms with E-state index in [1.807, 2.05) is 60.7 Å². The summed E-state index contributed by atoms with van der Waals surface area (Å²) in [5, 5.41) is 11.0. The van der Waals surface area contributed by atoms with Gasteiger partial charge < -0.3 is 14.2 Å². The first-order valence-corrected chi connectivity index (χ1v) is 15.7. The van der Waals surface area contributed by atoms with Crippen molar-refractivity contribution in [2.75, 3.05) is 13.2 Å². The average molecular weight is 650 g/mol. The number of unbranched alkanes of at least 4 members (excludes halogenated alkanes) is 1. The summed E-state index contributed by atoms with van der Waals surface area (Å²) in [5.74, 6) is 10.1. The van der Waals surface area contributed by atoms with Gasteiger partial charge in [0, 0.05) is 30.5 Å². The third kappa shape index (κ3) is 11.3. The minimum absolute atomic E-state index is 0.0530. The van der Waals surface area contributed by atoms with Gasteiger partial charge in [0.05, 0.1) is 23.7 Å². The zero-order chi connectivity index (χ0) is 34.8. The number of allylic oxidation sites excluding steroid dienone is 1. The molecule has 3 aromatic carbocycles. The van der Waals surface area contributed by atoms with Crippen molar-refractivity contribution in [2.24, 2.45) is 5.41 Å². The number of carbonyl (C=O) groups excluding carboxylic acids is 3. The van der Waals surface area contributed by atoms with E-state index in [1.54, 1.807) is 13.8 Å². The first-order valence-electron chi connectivity index (χ1n) is 15.7. The topological polar surface area (TPSA) is 122 Å². The highest BCUT2D eigenvalue weighted by molar-refractivity contribution is 6.00. The molecule has 0 fully saturated rings. The Hall–Kier alpha value is -5.67. The number of nitro benzene ring substituents is 1. The van der Waals surface area contributed by atoms with E-state index in [-0.39, 0.29) is 43.7 Å². The largest absolute Gasteiger partial charge is 0.465 e. The number of ether oxygens (including phenoxy) is 3. The zero-order valence-corrected chi connectivity index (χ0v) is 27.2. The number of non-ortho nitro benzene ring substituents is 1. The molecule has 1 unspecified atom stereocenters. The van der Waals surface area contributed by atoms with E-state index < -0.39 is 34.4 Å². The fraction of sp³-hybridized carbons (Fsp3) is 0.308. The van der Waals surface area contributed by atoms with Crippen molar-refractivity contribution in [3.8, 4) is 23.7 Å². The van der Waals surface area contributed by atoms with Gasteiger partial charge in [-0.15, -0.1) is 0 Å². The smallest absolute Gasteiger partial charge is 0.339 e. The standard InChI is InChI=1S/C39H39NO8/c1-4-46-37(42)39(38(43)47-5-2,29-32-20-12-7-13-21-32)28-30(3)16-15-23-35(22-14-8-11-19-31-17-9-6-10-18-31)48-36(41)33-24-26-34(27-25-33)40(44)45/h6-7,9-10,12-13,17-18,20-21,24-27,35H,3-5,8,14,16,22,28-29H2,1-2H3. The van der Waals surface area contributed by atoms with Gasteiger partial charge in [0.1, 0.15) is 0 Å². The van der Waals surface area contributed by atoms with Crippen LogP contribution in [-0.4, -0.2) is 42.1 Å². The molecule has 0 amide bonds. The molecule has 0 N–H and O–H groups in total. The normalized spacial score (nSPS) is 11.0. The molecule has 1 atom stereocenters. The van der Waals surface area contributed by atoms with Gasteiger partial charge >= 0.3 is 17.9 Å². The second-order valence-corrected chi connectivity index (χ2v) is 10.9. The lowest BCUT2D eigenvalue weighted by Crippen LogP contribution is -2.44. The minimum atomic E-state index is -1.66. The van der Waals surface area contributed by atoms with Crippen molar-refractivity contribution in [3.63, 3.8) is 0 Å². The third-order valence-electron chi connectivity index (χ3n) is 7.17. The molecule has 3 aromatic rings. The van der Waals surface area contributed by atoms with Crippen LogP contribution in [0.25, 0.3) is 0 Å². The molecule has 0 saturated carbocycles. The van der Waals surface area contributed by atoms with Crippen molar-refractivity contribution in [1.29, 1.82) is 0 Å². The Kier molecular flexibility index (Phi) is 14.6. The Labute approximate surface area is 281 Å². The van der Waals surface area contributed by atoms with E-state index in [4.69, 9.17) is 14.2 Å². The molecule has 0 aliphatic rings. The number of hydrogen-bond donors (Lipinski definition) is 0. The molecule has 0 saturated heterocycles. The Bertz CT molecular complexity index is 1660. The molecule has 9 nitrogen and oxygen atoms in total. The molecule has 0 aliphatic heterocycles. The van der Waals surface area contributed by atoms with Gasteiger partial charge in [0.25, 0.3) is 5.69 Å². The van der Waals surface area contributed by atoms with Crippen LogP contribution in [0.4, 0.5) is 5.69 Å². The number of nitrogens with zero attached hydrogens (tertiary/aromatic N) is 1. The van der Waals surface area contributed by atoms with Crippen LogP contribution < -0.4 is 0 Å². The van der Waals surface area contributed by atoms with Crippen LogP contribution >= 0.6 is 0 Å². The van der Waals surface area contributed by atoms with E-state index in [0.717, 1.165) is 11.1 Å². The van der Waals surface area contributed by atoms with Gasteiger partial charge in [0.15, 0.2) is 11.5 Å². The highest BCUT2D eigenvalue weighted by Gasteiger charge is 2.49. The van der Waals surface area contributed by atoms with Gasteiger partial charge in [-0.3, -0.25) is 19.7 Å². The molecular formula is C39H39NO8. The van der Waals surface area contributed by atoms with Crippen LogP contribution in [0.3, 0.4) is 0 Å². The second kappa shape index (κ2) is 19.1. The highest BCUT2D eigenvalue weighted by Crippen LogP contribution is 2.35. The van der Waals surface area contributed by atoms with Crippen molar-refractivity contribution in [3.05, 3.63) is 124 Å². The van der Waals surface area contributed by atoms with E-state index in [9.17, 15) is 24.5 Å². The molecule has 0 spiro atoms. The van der Waals surface area contributed by atoms with E-state index in [1.165, 1.54) is 24.3 Å². The van der Waals surface area contributed by atoms with Gasteiger partial charge in [0.2, 0.25) is 0 Å². The van der Waals surface area contributed by atoms with Crippen LogP contribution in [0, 0.1) is 39.2 Å². The number of carbonyl (C=O) groups is 3. The summed E-state index contributed by atoms with van der Waals surface area (Å²) in [6.45, 7) is 7.61. The van der Waals surface area contributed by atoms with E-state index >= 15 is 0 Å². The molecule has 248 valence electrons. The molecule has 0 aromatic heterocycles. The molecule has 48 heavy (non-hydrogen) atoms. The molecular weight excluding hydrogens is 610 g/mol. The first kappa shape index (κ1) is 36.8. The summed E-state index contributed by atoms with van der Waals surface area (Å²) in [7, 11) is 0. The lowest BCUT2D eigenvalue weighted by molar-refractivity contribution is -0.384. The summed E-state index contributed by atoms with van der Waals surface area (Å²) in [4.78, 5) is 50.1. The van der Waals surface area contributed by atoms with Gasteiger partial charge in [-0.25, -0.2) is 4.79 Å². The van der Waals surface area contributed by atoms with Crippen molar-refractivity contribution in [1.82, 2.24) is 0 Å². The number of hydrogen-bond acceptors (Lipinski definition) is 8. The van der Waals surface area contributed by atoms with Crippen LogP contribution in [0.15, 0.2) is 97.1 Å². The fourth-order valence-electron chi connectivity index (χ4n) is 4.84. The maximum absolute atomic E-state index is 13.4. The molecule has 3 rings (SSSR count). The van der Waals surface area contributed by atoms with Crippen LogP contribution in [0.2, 0.25) is 0 Å². The van der Waals surface area contributed by atoms with E-state index in [0.29, 0.717) is 24.8 Å². The monoisotopic (exact) mass is 649 g/mol. The first-order chi connectivity index (χ1) is 23.2. The number of benzene rings is 3. The predicted octanol–water partition coefficient (Wildman–Crippen LogP) is 7.04. The van der Waals surface area contributed by atoms with Crippen molar-refractivity contribution in [2.45, 2.75) is 58.5 Å². The molecule has 0 heterocycles. The molecule has 0 aliphatic carbocycles. The van der Waals surface area contributed by atoms with Crippen LogP contribution in [0.5, 0.6) is 0 Å². The van der Waals surface area contributed by atoms with Crippen molar-refractivity contribution < 1.29 is 33.5 Å². The number of nitro groups is 1. The highest BCUT2D eigenvalue weighted by atomic mass is 16.6. The average Bonchev–Trinajstić information content (AvgIpc) is 3.08. The van der Waals surface area contributed by atoms with Crippen LogP contribution in [0.1, 0.15) is 67.4 Å². The van der Waals surface area contributed by atoms with Gasteiger partial charge in [-0.05, 0) is 69.4 Å². The fourth-order valence-corrected chi connectivity index (χ4v) is 4.84. The van der Waals surface area contributed by atoms with Crippen molar-refractivity contribution >= 4 is 23.6 Å². The summed E-state index contributed by atoms with van der Waals surface area (Å²) >= 11 is 0. The van der Waals surface area contributed by atoms with Gasteiger partial charge in [-0.1, -0.05) is 84.4 Å². The molecule has 0 radical (unpaired) electrons. The number of rotatable bonds is 15. The minimum Gasteiger partial charge on any atom is -0.465 e. The summed E-state index contributed by atoms with van der Waals surface area (Å²) in [6, 6.07) is 23.8. The van der Waals surface area contributed by atoms with Gasteiger partial charge in [-0.2, -0.15) is 0 Å². The second-order valence-electron chi connectivity index (χ2n) is 10.9. The lowest BCUT2D eigenvalue weighted by atomic mass is 9.76. The van der Waals surface area contributed by atoms with Crippen LogP contribution in [-0.2, 0) is 30.2 Å². The molecule has 9 heteroatoms. The summed E-state index contributed by atoms with van der Waals surface area (Å²) in [6.07, 6.45) is 0.784. The number of esters is 3. The maximum atomic E-state index is 13.4. The Morgan fingerprint density at radius 2 is 1.48 bits per heavy atom. The Morgan fingerprint density at radius 1 is 0.875 bits per heavy atom. The molecule has 0 bridgehead atoms. The predicted molar refractivity (Wildman–Crippen MR) is 181 cm³/mol.